The number of aromatic nitrogens is 2. The molecule has 0 saturated heterocycles. The summed E-state index contributed by atoms with van der Waals surface area (Å²) in [5, 5.41) is 18.3. The van der Waals surface area contributed by atoms with E-state index >= 15 is 0 Å². The number of fused-ring (bicyclic) bond motifs is 1. The molecule has 0 spiro atoms. The number of amides is 1. The minimum atomic E-state index is -0.599. The van der Waals surface area contributed by atoms with E-state index in [4.69, 9.17) is 34.8 Å². The molecular formula is C23H16Cl3N5O4. The molecule has 1 amide bonds. The van der Waals surface area contributed by atoms with Crippen LogP contribution in [0, 0.1) is 10.1 Å². The number of nitro groups is 1. The highest BCUT2D eigenvalue weighted by Gasteiger charge is 2.17. The van der Waals surface area contributed by atoms with E-state index in [1.54, 1.807) is 42.5 Å². The molecule has 3 N–H and O–H groups in total. The van der Waals surface area contributed by atoms with Crippen molar-refractivity contribution in [2.75, 3.05) is 10.6 Å². The van der Waals surface area contributed by atoms with Crippen LogP contribution in [-0.2, 0) is 11.2 Å². The van der Waals surface area contributed by atoms with E-state index < -0.39 is 10.5 Å². The minimum Gasteiger partial charge on any atom is -0.326 e. The fraction of sp³-hybridized carbons (Fsp3) is 0.0870. The van der Waals surface area contributed by atoms with Crippen LogP contribution in [0.4, 0.5) is 23.0 Å². The number of benzene rings is 3. The van der Waals surface area contributed by atoms with Crippen molar-refractivity contribution < 1.29 is 9.72 Å². The molecule has 0 fully saturated rings. The molecule has 0 aliphatic carbocycles. The van der Waals surface area contributed by atoms with Gasteiger partial charge in [0.1, 0.15) is 0 Å². The first-order valence-electron chi connectivity index (χ1n) is 10.2. The molecule has 3 aromatic carbocycles. The van der Waals surface area contributed by atoms with Gasteiger partial charge in [0.25, 0.3) is 11.2 Å². The van der Waals surface area contributed by atoms with Crippen LogP contribution in [0.1, 0.15) is 12.0 Å². The zero-order chi connectivity index (χ0) is 25.1. The quantitative estimate of drug-likeness (QED) is 0.195. The molecule has 0 bridgehead atoms. The van der Waals surface area contributed by atoms with E-state index in [1.165, 1.54) is 6.07 Å². The lowest BCUT2D eigenvalue weighted by molar-refractivity contribution is -0.384. The van der Waals surface area contributed by atoms with Crippen molar-refractivity contribution in [3.8, 4) is 0 Å². The van der Waals surface area contributed by atoms with Crippen LogP contribution in [0.3, 0.4) is 0 Å². The number of nitrogens with zero attached hydrogens (tertiary/aromatic N) is 2. The van der Waals surface area contributed by atoms with E-state index in [0.717, 1.165) is 6.07 Å². The number of nitro benzene ring substituents is 1. The van der Waals surface area contributed by atoms with E-state index in [-0.39, 0.29) is 41.3 Å². The van der Waals surface area contributed by atoms with Gasteiger partial charge >= 0.3 is 0 Å². The van der Waals surface area contributed by atoms with E-state index in [1.807, 2.05) is 0 Å². The van der Waals surface area contributed by atoms with Crippen LogP contribution in [0.5, 0.6) is 0 Å². The van der Waals surface area contributed by atoms with Crippen molar-refractivity contribution >= 4 is 74.6 Å². The maximum atomic E-state index is 12.7. The maximum absolute atomic E-state index is 12.7. The number of anilines is 3. The molecule has 0 atom stereocenters. The number of non-ortho nitro benzene ring substituents is 1. The third-order valence-electron chi connectivity index (χ3n) is 5.02. The second-order valence-corrected chi connectivity index (χ2v) is 8.73. The van der Waals surface area contributed by atoms with Gasteiger partial charge in [-0.15, -0.1) is 0 Å². The molecule has 4 aromatic rings. The molecule has 9 nitrogen and oxygen atoms in total. The second kappa shape index (κ2) is 10.3. The lowest BCUT2D eigenvalue weighted by atomic mass is 10.0. The number of carbonyl (C=O) groups is 1. The average Bonchev–Trinajstić information content (AvgIpc) is 2.81. The molecule has 35 heavy (non-hydrogen) atoms. The summed E-state index contributed by atoms with van der Waals surface area (Å²) in [6.07, 6.45) is 0.114. The molecule has 4 rings (SSSR count). The van der Waals surface area contributed by atoms with E-state index in [0.29, 0.717) is 32.0 Å². The topological polar surface area (TPSA) is 130 Å². The summed E-state index contributed by atoms with van der Waals surface area (Å²) >= 11 is 17.8. The van der Waals surface area contributed by atoms with Crippen molar-refractivity contribution in [3.63, 3.8) is 0 Å². The maximum Gasteiger partial charge on any atom is 0.270 e. The van der Waals surface area contributed by atoms with Gasteiger partial charge in [0.2, 0.25) is 11.9 Å². The van der Waals surface area contributed by atoms with E-state index in [9.17, 15) is 19.7 Å². The van der Waals surface area contributed by atoms with Crippen molar-refractivity contribution in [3.05, 3.63) is 95.7 Å². The Bertz CT molecular complexity index is 1510. The normalized spacial score (nSPS) is 10.8. The third-order valence-corrected chi connectivity index (χ3v) is 6.01. The molecular weight excluding hydrogens is 517 g/mol. The average molecular weight is 533 g/mol. The number of aryl methyl sites for hydroxylation is 1. The fourth-order valence-electron chi connectivity index (χ4n) is 3.37. The summed E-state index contributed by atoms with van der Waals surface area (Å²) in [5.41, 5.74) is 0.847. The SMILES string of the molecule is O=C(CCc1cc([N+](=O)[O-])cc2c(=O)[nH]c(Nc3ccc(Cl)c(Cl)c3)nc12)Nc1ccc(Cl)cc1. The van der Waals surface area contributed by atoms with Gasteiger partial charge in [-0.05, 0) is 54.4 Å². The molecule has 1 aromatic heterocycles. The van der Waals surface area contributed by atoms with Crippen LogP contribution in [0.25, 0.3) is 10.9 Å². The lowest BCUT2D eigenvalue weighted by Crippen LogP contribution is -2.15. The van der Waals surface area contributed by atoms with Crippen LogP contribution in [-0.4, -0.2) is 20.8 Å². The number of rotatable bonds is 7. The Morgan fingerprint density at radius 3 is 2.40 bits per heavy atom. The van der Waals surface area contributed by atoms with Gasteiger partial charge in [0.15, 0.2) is 0 Å². The van der Waals surface area contributed by atoms with Gasteiger partial charge in [-0.25, -0.2) is 4.98 Å². The summed E-state index contributed by atoms with van der Waals surface area (Å²) < 4.78 is 0. The van der Waals surface area contributed by atoms with Crippen molar-refractivity contribution in [1.82, 2.24) is 9.97 Å². The summed E-state index contributed by atoms with van der Waals surface area (Å²) in [6, 6.07) is 13.9. The molecule has 0 aliphatic heterocycles. The van der Waals surface area contributed by atoms with Gasteiger partial charge < -0.3 is 10.6 Å². The van der Waals surface area contributed by atoms with Crippen LogP contribution < -0.4 is 16.2 Å². The van der Waals surface area contributed by atoms with Crippen LogP contribution in [0.2, 0.25) is 15.1 Å². The Kier molecular flexibility index (Phi) is 7.20. The highest BCUT2D eigenvalue weighted by Crippen LogP contribution is 2.28. The fourth-order valence-corrected chi connectivity index (χ4v) is 3.79. The monoisotopic (exact) mass is 531 g/mol. The summed E-state index contributed by atoms with van der Waals surface area (Å²) in [7, 11) is 0. The van der Waals surface area contributed by atoms with Gasteiger partial charge in [-0.3, -0.25) is 24.7 Å². The number of hydrogen-bond acceptors (Lipinski definition) is 6. The first kappa shape index (κ1) is 24.5. The number of aromatic amines is 1. The number of halogens is 3. The molecule has 0 saturated carbocycles. The van der Waals surface area contributed by atoms with Crippen molar-refractivity contribution in [2.45, 2.75) is 12.8 Å². The predicted molar refractivity (Wildman–Crippen MR) is 137 cm³/mol. The van der Waals surface area contributed by atoms with E-state index in [2.05, 4.69) is 20.6 Å². The van der Waals surface area contributed by atoms with Crippen LogP contribution >= 0.6 is 34.8 Å². The number of nitrogens with one attached hydrogen (secondary N) is 3. The second-order valence-electron chi connectivity index (χ2n) is 7.48. The number of hydrogen-bond donors (Lipinski definition) is 3. The molecule has 0 radical (unpaired) electrons. The summed E-state index contributed by atoms with van der Waals surface area (Å²) in [5.74, 6) is -0.215. The predicted octanol–water partition coefficient (Wildman–Crippen LogP) is 6.11. The smallest absolute Gasteiger partial charge is 0.270 e. The number of H-pyrrole nitrogens is 1. The Morgan fingerprint density at radius 1 is 1.00 bits per heavy atom. The van der Waals surface area contributed by atoms with Gasteiger partial charge in [0, 0.05) is 35.0 Å². The van der Waals surface area contributed by atoms with Crippen LogP contribution in [0.15, 0.2) is 59.4 Å². The molecule has 0 unspecified atom stereocenters. The molecule has 1 heterocycles. The van der Waals surface area contributed by atoms with Crippen molar-refractivity contribution in [2.24, 2.45) is 0 Å². The zero-order valence-electron chi connectivity index (χ0n) is 17.8. The number of carbonyl (C=O) groups excluding carboxylic acids is 1. The van der Waals surface area contributed by atoms with Gasteiger partial charge in [-0.1, -0.05) is 34.8 Å². The molecule has 178 valence electrons. The first-order chi connectivity index (χ1) is 16.7. The highest BCUT2D eigenvalue weighted by molar-refractivity contribution is 6.42. The summed E-state index contributed by atoms with van der Waals surface area (Å²) in [6.45, 7) is 0. The Hall–Kier alpha value is -3.66. The molecule has 0 aliphatic rings. The van der Waals surface area contributed by atoms with Crippen molar-refractivity contribution in [1.29, 1.82) is 0 Å². The Balaban J connectivity index is 1.65. The standard InChI is InChI=1S/C23H16Cl3N5O4/c24-13-2-4-14(5-3-13)27-20(32)8-1-12-9-16(31(34)35)11-17-21(12)29-23(30-22(17)33)28-15-6-7-18(25)19(26)10-15/h2-7,9-11H,1,8H2,(H,27,32)(H2,28,29,30,33). The third kappa shape index (κ3) is 5.89. The Morgan fingerprint density at radius 2 is 1.71 bits per heavy atom. The molecule has 12 heteroatoms. The zero-order valence-corrected chi connectivity index (χ0v) is 20.0. The van der Waals surface area contributed by atoms with Gasteiger partial charge in [0.05, 0.1) is 25.9 Å². The lowest BCUT2D eigenvalue weighted by Gasteiger charge is -2.10. The first-order valence-corrected chi connectivity index (χ1v) is 11.3. The minimum absolute atomic E-state index is 0.00290. The Labute approximate surface area is 213 Å². The summed E-state index contributed by atoms with van der Waals surface area (Å²) in [4.78, 5) is 43.0. The largest absolute Gasteiger partial charge is 0.326 e. The van der Waals surface area contributed by atoms with Gasteiger partial charge in [-0.2, -0.15) is 0 Å². The highest BCUT2D eigenvalue weighted by atomic mass is 35.5.